The van der Waals surface area contributed by atoms with Crippen molar-refractivity contribution in [1.82, 2.24) is 0 Å². The summed E-state index contributed by atoms with van der Waals surface area (Å²) in [6, 6.07) is 0. The minimum absolute atomic E-state index is 0.165. The van der Waals surface area contributed by atoms with Gasteiger partial charge in [0.25, 0.3) is 0 Å². The molecule has 0 aromatic heterocycles. The van der Waals surface area contributed by atoms with Crippen LogP contribution in [-0.2, 0) is 9.59 Å². The number of aliphatic hydroxyl groups is 1. The Hall–Kier alpha value is -1.62. The summed E-state index contributed by atoms with van der Waals surface area (Å²) in [5, 5.41) is 27.7. The van der Waals surface area contributed by atoms with E-state index in [-0.39, 0.29) is 12.5 Å². The molecule has 0 radical (unpaired) electrons. The van der Waals surface area contributed by atoms with E-state index in [9.17, 15) is 14.7 Å². The van der Waals surface area contributed by atoms with Crippen LogP contribution in [0.15, 0.2) is 24.3 Å². The average Bonchev–Trinajstić information content (AvgIpc) is 2.48. The Bertz CT molecular complexity index is 427. The van der Waals surface area contributed by atoms with Crippen LogP contribution >= 0.6 is 0 Å². The van der Waals surface area contributed by atoms with E-state index in [2.05, 4.69) is 0 Å². The van der Waals surface area contributed by atoms with Crippen molar-refractivity contribution < 1.29 is 24.9 Å². The molecule has 1 aliphatic rings. The van der Waals surface area contributed by atoms with E-state index >= 15 is 0 Å². The van der Waals surface area contributed by atoms with Crippen molar-refractivity contribution in [2.75, 3.05) is 6.61 Å². The van der Waals surface area contributed by atoms with Crippen molar-refractivity contribution in [3.8, 4) is 0 Å². The highest BCUT2D eigenvalue weighted by molar-refractivity contribution is 5.80. The topological polar surface area (TPSA) is 94.8 Å². The highest BCUT2D eigenvalue weighted by Crippen LogP contribution is 2.40. The maximum Gasteiger partial charge on any atom is 0.327 e. The summed E-state index contributed by atoms with van der Waals surface area (Å²) in [5.74, 6) is -2.24. The number of carboxylic acid groups (broad SMARTS) is 2. The first kappa shape index (κ1) is 18.4. The van der Waals surface area contributed by atoms with Crippen LogP contribution in [0.1, 0.15) is 51.4 Å². The van der Waals surface area contributed by atoms with Gasteiger partial charge in [0.1, 0.15) is 0 Å². The lowest BCUT2D eigenvalue weighted by molar-refractivity contribution is -0.132. The Labute approximate surface area is 131 Å². The number of carbonyl (C=O) groups is 2. The van der Waals surface area contributed by atoms with Gasteiger partial charge in [0.05, 0.1) is 6.61 Å². The fourth-order valence-corrected chi connectivity index (χ4v) is 3.18. The minimum Gasteiger partial charge on any atom is -0.478 e. The maximum absolute atomic E-state index is 10.9. The van der Waals surface area contributed by atoms with Crippen molar-refractivity contribution in [2.45, 2.75) is 51.4 Å². The molecule has 5 nitrogen and oxygen atoms in total. The van der Waals surface area contributed by atoms with Crippen LogP contribution < -0.4 is 0 Å². The summed E-state index contributed by atoms with van der Waals surface area (Å²) in [4.78, 5) is 21.7. The molecular formula is C17H26O5. The van der Waals surface area contributed by atoms with Crippen molar-refractivity contribution in [3.05, 3.63) is 24.3 Å². The molecule has 1 saturated carbocycles. The number of rotatable bonds is 5. The van der Waals surface area contributed by atoms with Gasteiger partial charge in [-0.1, -0.05) is 50.7 Å². The third-order valence-electron chi connectivity index (χ3n) is 4.47. The Kier molecular flexibility index (Phi) is 7.88. The molecule has 124 valence electrons. The standard InChI is InChI=1S/C17H26O5/c18-13-17(12-10-16(21)22)11-6-4-2-1-3-5-7-14(17)8-9-15(19)20/h8-10,12,14,18H,1-7,11,13H2,(H,19,20)(H,21,22). The molecule has 5 heteroatoms. The monoisotopic (exact) mass is 310 g/mol. The number of aliphatic hydroxyl groups excluding tert-OH is 1. The molecule has 0 heterocycles. The molecule has 0 spiro atoms. The van der Waals surface area contributed by atoms with Gasteiger partial charge >= 0.3 is 11.9 Å². The van der Waals surface area contributed by atoms with E-state index in [4.69, 9.17) is 10.2 Å². The first-order chi connectivity index (χ1) is 10.5. The molecule has 0 aromatic carbocycles. The lowest BCUT2D eigenvalue weighted by atomic mass is 9.69. The second kappa shape index (κ2) is 9.41. The molecule has 1 fully saturated rings. The largest absolute Gasteiger partial charge is 0.478 e. The van der Waals surface area contributed by atoms with Gasteiger partial charge in [-0.3, -0.25) is 0 Å². The van der Waals surface area contributed by atoms with Crippen molar-refractivity contribution in [3.63, 3.8) is 0 Å². The normalized spacial score (nSPS) is 28.0. The van der Waals surface area contributed by atoms with Gasteiger partial charge in [-0.15, -0.1) is 0 Å². The number of hydrogen-bond acceptors (Lipinski definition) is 3. The van der Waals surface area contributed by atoms with Crippen LogP contribution in [0.3, 0.4) is 0 Å². The van der Waals surface area contributed by atoms with Gasteiger partial charge < -0.3 is 15.3 Å². The van der Waals surface area contributed by atoms with Gasteiger partial charge in [-0.05, 0) is 18.8 Å². The molecule has 0 saturated heterocycles. The number of allylic oxidation sites excluding steroid dienone is 1. The molecule has 0 bridgehead atoms. The highest BCUT2D eigenvalue weighted by atomic mass is 16.4. The Morgan fingerprint density at radius 1 is 0.955 bits per heavy atom. The summed E-state index contributed by atoms with van der Waals surface area (Å²) in [6.45, 7) is -0.175. The molecule has 0 aromatic rings. The summed E-state index contributed by atoms with van der Waals surface area (Å²) < 4.78 is 0. The molecule has 1 rings (SSSR count). The first-order valence-electron chi connectivity index (χ1n) is 7.94. The van der Waals surface area contributed by atoms with Gasteiger partial charge in [-0.2, -0.15) is 0 Å². The van der Waals surface area contributed by atoms with Crippen LogP contribution in [0.2, 0.25) is 0 Å². The van der Waals surface area contributed by atoms with E-state index in [0.717, 1.165) is 50.7 Å². The molecule has 2 atom stereocenters. The second-order valence-corrected chi connectivity index (χ2v) is 6.03. The summed E-state index contributed by atoms with van der Waals surface area (Å²) in [6.07, 6.45) is 13.1. The zero-order valence-corrected chi connectivity index (χ0v) is 12.9. The number of carboxylic acids is 2. The van der Waals surface area contributed by atoms with Gasteiger partial charge in [0, 0.05) is 17.6 Å². The van der Waals surface area contributed by atoms with Crippen LogP contribution in [0.4, 0.5) is 0 Å². The second-order valence-electron chi connectivity index (χ2n) is 6.03. The van der Waals surface area contributed by atoms with Crippen LogP contribution in [-0.4, -0.2) is 33.9 Å². The van der Waals surface area contributed by atoms with Crippen molar-refractivity contribution in [1.29, 1.82) is 0 Å². The number of aliphatic carboxylic acids is 2. The zero-order chi connectivity index (χ0) is 16.4. The Morgan fingerprint density at radius 3 is 2.14 bits per heavy atom. The quantitative estimate of drug-likeness (QED) is 0.679. The van der Waals surface area contributed by atoms with E-state index < -0.39 is 17.4 Å². The predicted molar refractivity (Wildman–Crippen MR) is 83.5 cm³/mol. The minimum atomic E-state index is -1.05. The third kappa shape index (κ3) is 6.02. The van der Waals surface area contributed by atoms with Crippen molar-refractivity contribution >= 4 is 11.9 Å². The van der Waals surface area contributed by atoms with E-state index in [1.807, 2.05) is 0 Å². The molecule has 0 amide bonds. The SMILES string of the molecule is O=C(O)C=CC1CCCCCCCCC1(C=CC(=O)O)CO. The number of hydrogen-bond donors (Lipinski definition) is 3. The predicted octanol–water partition coefficient (Wildman–Crippen LogP) is 3.00. The van der Waals surface area contributed by atoms with Crippen LogP contribution in [0.25, 0.3) is 0 Å². The van der Waals surface area contributed by atoms with Crippen LogP contribution in [0, 0.1) is 11.3 Å². The van der Waals surface area contributed by atoms with Crippen LogP contribution in [0.5, 0.6) is 0 Å². The summed E-state index contributed by atoms with van der Waals surface area (Å²) in [7, 11) is 0. The molecule has 22 heavy (non-hydrogen) atoms. The molecular weight excluding hydrogens is 284 g/mol. The fraction of sp³-hybridized carbons (Fsp3) is 0.647. The molecule has 1 aliphatic carbocycles. The lowest BCUT2D eigenvalue weighted by Gasteiger charge is -2.36. The summed E-state index contributed by atoms with van der Waals surface area (Å²) in [5.41, 5.74) is -0.693. The zero-order valence-electron chi connectivity index (χ0n) is 12.9. The lowest BCUT2D eigenvalue weighted by Crippen LogP contribution is -2.32. The highest BCUT2D eigenvalue weighted by Gasteiger charge is 2.34. The van der Waals surface area contributed by atoms with Crippen molar-refractivity contribution in [2.24, 2.45) is 11.3 Å². The summed E-state index contributed by atoms with van der Waals surface area (Å²) >= 11 is 0. The van der Waals surface area contributed by atoms with E-state index in [1.54, 1.807) is 12.2 Å². The first-order valence-corrected chi connectivity index (χ1v) is 7.94. The van der Waals surface area contributed by atoms with Gasteiger partial charge in [0.15, 0.2) is 0 Å². The smallest absolute Gasteiger partial charge is 0.327 e. The molecule has 3 N–H and O–H groups in total. The third-order valence-corrected chi connectivity index (χ3v) is 4.47. The molecule has 2 unspecified atom stereocenters. The Balaban J connectivity index is 3.08. The molecule has 0 aliphatic heterocycles. The van der Waals surface area contributed by atoms with Gasteiger partial charge in [0.2, 0.25) is 0 Å². The average molecular weight is 310 g/mol. The van der Waals surface area contributed by atoms with Gasteiger partial charge in [-0.25, -0.2) is 9.59 Å². The van der Waals surface area contributed by atoms with E-state index in [1.165, 1.54) is 6.42 Å². The Morgan fingerprint density at radius 2 is 1.55 bits per heavy atom. The fourth-order valence-electron chi connectivity index (χ4n) is 3.18. The maximum atomic E-state index is 10.9. The van der Waals surface area contributed by atoms with E-state index in [0.29, 0.717) is 6.42 Å².